The first kappa shape index (κ1) is 13.1. The Balaban J connectivity index is 1.91. The van der Waals surface area contributed by atoms with Gasteiger partial charge < -0.3 is 10.6 Å². The lowest BCUT2D eigenvalue weighted by molar-refractivity contribution is -0.385. The molecular weight excluding hydrogens is 357 g/mol. The second-order valence-corrected chi connectivity index (χ2v) is 6.58. The summed E-state index contributed by atoms with van der Waals surface area (Å²) >= 11 is 2.04. The standard InChI is InChI=1S/C13H16IN3O2/c14-12-7-11(3-4-13(12)17(18)19)16-9-1-2-10(16)6-8(15)5-9/h3-4,7-10H,1-2,5-6,15H2. The van der Waals surface area contributed by atoms with Crippen molar-refractivity contribution in [3.05, 3.63) is 31.9 Å². The number of fused-ring (bicyclic) bond motifs is 2. The van der Waals surface area contributed by atoms with Gasteiger partial charge in [-0.1, -0.05) is 0 Å². The van der Waals surface area contributed by atoms with Gasteiger partial charge in [-0.05, 0) is 60.4 Å². The molecule has 6 heteroatoms. The van der Waals surface area contributed by atoms with Crippen LogP contribution in [0.2, 0.25) is 0 Å². The number of hydrogen-bond acceptors (Lipinski definition) is 4. The van der Waals surface area contributed by atoms with Crippen LogP contribution in [0.3, 0.4) is 0 Å². The number of piperidine rings is 1. The molecule has 2 bridgehead atoms. The molecule has 2 unspecified atom stereocenters. The Morgan fingerprint density at radius 2 is 1.95 bits per heavy atom. The molecule has 1 aromatic carbocycles. The smallest absolute Gasteiger partial charge is 0.282 e. The molecule has 102 valence electrons. The van der Waals surface area contributed by atoms with Gasteiger partial charge in [-0.3, -0.25) is 10.1 Å². The monoisotopic (exact) mass is 373 g/mol. The second-order valence-electron chi connectivity index (χ2n) is 5.42. The van der Waals surface area contributed by atoms with E-state index in [2.05, 4.69) is 4.90 Å². The summed E-state index contributed by atoms with van der Waals surface area (Å²) in [6.45, 7) is 0. The molecule has 1 aromatic rings. The summed E-state index contributed by atoms with van der Waals surface area (Å²) in [6.07, 6.45) is 4.44. The Morgan fingerprint density at radius 3 is 2.47 bits per heavy atom. The van der Waals surface area contributed by atoms with Gasteiger partial charge in [0.25, 0.3) is 5.69 Å². The molecule has 19 heavy (non-hydrogen) atoms. The van der Waals surface area contributed by atoms with Crippen LogP contribution < -0.4 is 10.6 Å². The SMILES string of the molecule is NC1CC2CCC(C1)N2c1ccc([N+](=O)[O-])c(I)c1. The predicted octanol–water partition coefficient (Wildman–Crippen LogP) is 2.66. The fourth-order valence-corrected chi connectivity index (χ4v) is 4.14. The highest BCUT2D eigenvalue weighted by molar-refractivity contribution is 14.1. The first-order valence-electron chi connectivity index (χ1n) is 6.54. The summed E-state index contributed by atoms with van der Waals surface area (Å²) in [5, 5.41) is 10.9. The number of anilines is 1. The van der Waals surface area contributed by atoms with Crippen molar-refractivity contribution < 1.29 is 4.92 Å². The third-order valence-corrected chi connectivity index (χ3v) is 5.06. The van der Waals surface area contributed by atoms with E-state index in [1.54, 1.807) is 6.07 Å². The number of hydrogen-bond donors (Lipinski definition) is 1. The molecule has 5 nitrogen and oxygen atoms in total. The molecule has 3 rings (SSSR count). The van der Waals surface area contributed by atoms with E-state index in [0.29, 0.717) is 21.7 Å². The maximum atomic E-state index is 10.9. The second kappa shape index (κ2) is 4.90. The molecule has 0 amide bonds. The lowest BCUT2D eigenvalue weighted by atomic mass is 9.97. The summed E-state index contributed by atoms with van der Waals surface area (Å²) in [7, 11) is 0. The summed E-state index contributed by atoms with van der Waals surface area (Å²) < 4.78 is 0.703. The Labute approximate surface area is 125 Å². The molecule has 2 saturated heterocycles. The van der Waals surface area contributed by atoms with Gasteiger partial charge in [-0.2, -0.15) is 0 Å². The molecule has 0 radical (unpaired) electrons. The van der Waals surface area contributed by atoms with Crippen LogP contribution in [-0.2, 0) is 0 Å². The van der Waals surface area contributed by atoms with Gasteiger partial charge in [0, 0.05) is 29.9 Å². The molecule has 0 aromatic heterocycles. The number of rotatable bonds is 2. The first-order chi connectivity index (χ1) is 9.06. The molecule has 2 fully saturated rings. The molecule has 2 aliphatic heterocycles. The van der Waals surface area contributed by atoms with E-state index in [4.69, 9.17) is 5.73 Å². The number of nitrogens with two attached hydrogens (primary N) is 1. The predicted molar refractivity (Wildman–Crippen MR) is 82.3 cm³/mol. The largest absolute Gasteiger partial charge is 0.365 e. The number of nitro groups is 1. The van der Waals surface area contributed by atoms with Crippen molar-refractivity contribution in [2.75, 3.05) is 4.90 Å². The van der Waals surface area contributed by atoms with Gasteiger partial charge in [0.2, 0.25) is 0 Å². The van der Waals surface area contributed by atoms with Crippen LogP contribution in [0.5, 0.6) is 0 Å². The van der Waals surface area contributed by atoms with Gasteiger partial charge in [-0.15, -0.1) is 0 Å². The van der Waals surface area contributed by atoms with Gasteiger partial charge in [0.15, 0.2) is 0 Å². The number of halogens is 1. The number of nitrogens with zero attached hydrogens (tertiary/aromatic N) is 2. The summed E-state index contributed by atoms with van der Waals surface area (Å²) in [4.78, 5) is 13.0. The Hall–Kier alpha value is -0.890. The van der Waals surface area contributed by atoms with Crippen LogP contribution in [0.1, 0.15) is 25.7 Å². The zero-order valence-corrected chi connectivity index (χ0v) is 12.6. The van der Waals surface area contributed by atoms with Crippen molar-refractivity contribution in [2.24, 2.45) is 5.73 Å². The fourth-order valence-electron chi connectivity index (χ4n) is 3.45. The molecule has 0 spiro atoms. The topological polar surface area (TPSA) is 72.4 Å². The number of nitro benzene ring substituents is 1. The van der Waals surface area contributed by atoms with Crippen LogP contribution in [0.4, 0.5) is 11.4 Å². The first-order valence-corrected chi connectivity index (χ1v) is 7.62. The highest BCUT2D eigenvalue weighted by Gasteiger charge is 2.39. The highest BCUT2D eigenvalue weighted by Crippen LogP contribution is 2.40. The zero-order chi connectivity index (χ0) is 13.6. The van der Waals surface area contributed by atoms with E-state index < -0.39 is 0 Å². The van der Waals surface area contributed by atoms with Crippen molar-refractivity contribution in [2.45, 2.75) is 43.8 Å². The van der Waals surface area contributed by atoms with Crippen molar-refractivity contribution >= 4 is 34.0 Å². The molecule has 2 heterocycles. The minimum atomic E-state index is -0.327. The van der Waals surface area contributed by atoms with Crippen LogP contribution in [0.15, 0.2) is 18.2 Å². The van der Waals surface area contributed by atoms with E-state index >= 15 is 0 Å². The molecule has 0 aliphatic carbocycles. The van der Waals surface area contributed by atoms with Crippen LogP contribution in [0.25, 0.3) is 0 Å². The Morgan fingerprint density at radius 1 is 1.32 bits per heavy atom. The maximum Gasteiger partial charge on any atom is 0.282 e. The van der Waals surface area contributed by atoms with Crippen molar-refractivity contribution in [1.29, 1.82) is 0 Å². The quantitative estimate of drug-likeness (QED) is 0.492. The zero-order valence-electron chi connectivity index (χ0n) is 10.5. The van der Waals surface area contributed by atoms with Gasteiger partial charge in [0.1, 0.15) is 0 Å². The van der Waals surface area contributed by atoms with E-state index in [1.165, 1.54) is 12.8 Å². The molecule has 0 saturated carbocycles. The normalized spacial score (nSPS) is 29.6. The Bertz CT molecular complexity index is 509. The lowest BCUT2D eigenvalue weighted by Crippen LogP contribution is -2.47. The van der Waals surface area contributed by atoms with Crippen LogP contribution in [0, 0.1) is 13.7 Å². The van der Waals surface area contributed by atoms with Crippen LogP contribution >= 0.6 is 22.6 Å². The molecule has 2 atom stereocenters. The maximum absolute atomic E-state index is 10.9. The van der Waals surface area contributed by atoms with E-state index in [1.807, 2.05) is 34.7 Å². The third-order valence-electron chi connectivity index (χ3n) is 4.20. The van der Waals surface area contributed by atoms with Crippen molar-refractivity contribution in [3.8, 4) is 0 Å². The van der Waals surface area contributed by atoms with E-state index in [9.17, 15) is 10.1 Å². The van der Waals surface area contributed by atoms with Gasteiger partial charge in [0.05, 0.1) is 8.49 Å². The average molecular weight is 373 g/mol. The fraction of sp³-hybridized carbons (Fsp3) is 0.538. The van der Waals surface area contributed by atoms with Gasteiger partial charge in [-0.25, -0.2) is 0 Å². The summed E-state index contributed by atoms with van der Waals surface area (Å²) in [5.41, 5.74) is 7.36. The van der Waals surface area contributed by atoms with E-state index in [0.717, 1.165) is 18.5 Å². The van der Waals surface area contributed by atoms with Crippen LogP contribution in [-0.4, -0.2) is 23.0 Å². The molecule has 2 aliphatic rings. The summed E-state index contributed by atoms with van der Waals surface area (Å²) in [6, 6.07) is 6.75. The Kier molecular flexibility index (Phi) is 3.38. The van der Waals surface area contributed by atoms with Gasteiger partial charge >= 0.3 is 0 Å². The minimum absolute atomic E-state index is 0.186. The van der Waals surface area contributed by atoms with Crippen molar-refractivity contribution in [1.82, 2.24) is 0 Å². The average Bonchev–Trinajstić information content (AvgIpc) is 2.61. The lowest BCUT2D eigenvalue weighted by Gasteiger charge is -2.39. The number of benzene rings is 1. The van der Waals surface area contributed by atoms with E-state index in [-0.39, 0.29) is 10.6 Å². The molecular formula is C13H16IN3O2. The van der Waals surface area contributed by atoms with Crippen molar-refractivity contribution in [3.63, 3.8) is 0 Å². The minimum Gasteiger partial charge on any atom is -0.365 e. The summed E-state index contributed by atoms with van der Waals surface area (Å²) in [5.74, 6) is 0. The highest BCUT2D eigenvalue weighted by atomic mass is 127. The third kappa shape index (κ3) is 2.31. The molecule has 2 N–H and O–H groups in total.